The Labute approximate surface area is 131 Å². The third-order valence-electron chi connectivity index (χ3n) is 3.01. The van der Waals surface area contributed by atoms with Crippen LogP contribution in [0.5, 0.6) is 11.5 Å². The molecule has 2 aliphatic rings. The summed E-state index contributed by atoms with van der Waals surface area (Å²) >= 11 is 0. The third-order valence-corrected chi connectivity index (χ3v) is 4.80. The van der Waals surface area contributed by atoms with Crippen molar-refractivity contribution in [1.82, 2.24) is 0 Å². The molecule has 2 heterocycles. The predicted molar refractivity (Wildman–Crippen MR) is 80.5 cm³/mol. The van der Waals surface area contributed by atoms with Crippen molar-refractivity contribution in [2.75, 3.05) is 6.61 Å². The van der Waals surface area contributed by atoms with Gasteiger partial charge in [0, 0.05) is 6.07 Å². The number of fused-ring (bicyclic) bond motifs is 2. The van der Waals surface area contributed by atoms with Crippen molar-refractivity contribution in [1.29, 1.82) is 0 Å². The van der Waals surface area contributed by atoms with Gasteiger partial charge < -0.3 is 14.9 Å². The van der Waals surface area contributed by atoms with E-state index in [4.69, 9.17) is 9.84 Å². The number of hydrogen-bond acceptors (Lipinski definition) is 5. The molecular formula is C15H13FO6S. The van der Waals surface area contributed by atoms with Gasteiger partial charge in [-0.05, 0) is 37.3 Å². The van der Waals surface area contributed by atoms with Crippen molar-refractivity contribution in [3.63, 3.8) is 0 Å². The minimum absolute atomic E-state index is 0.0694. The summed E-state index contributed by atoms with van der Waals surface area (Å²) < 4.78 is 39.4. The maximum atomic E-state index is 12.5. The smallest absolute Gasteiger partial charge is 0.339 e. The van der Waals surface area contributed by atoms with Crippen molar-refractivity contribution < 1.29 is 32.6 Å². The monoisotopic (exact) mass is 340 g/mol. The van der Waals surface area contributed by atoms with Gasteiger partial charge in [-0.25, -0.2) is 17.6 Å². The van der Waals surface area contributed by atoms with Crippen molar-refractivity contribution in [2.45, 2.75) is 6.92 Å². The molecule has 3 rings (SSSR count). The summed E-state index contributed by atoms with van der Waals surface area (Å²) in [5.74, 6) is -1.61. The first-order chi connectivity index (χ1) is 10.8. The quantitative estimate of drug-likeness (QED) is 0.877. The SMILES string of the molecule is CCOc1ccc(C(=O)O)c(O)c1.O=S1(=O)C2=CC(F)=C1C=C2. The molecule has 0 saturated heterocycles. The number of carboxylic acid groups (broad SMARTS) is 1. The highest BCUT2D eigenvalue weighted by Crippen LogP contribution is 2.37. The number of benzene rings is 1. The Balaban J connectivity index is 0.000000172. The molecule has 0 aliphatic carbocycles. The van der Waals surface area contributed by atoms with E-state index in [1.54, 1.807) is 0 Å². The Morgan fingerprint density at radius 2 is 2.00 bits per heavy atom. The molecule has 0 unspecified atom stereocenters. The lowest BCUT2D eigenvalue weighted by molar-refractivity contribution is 0.0693. The number of aromatic carboxylic acids is 1. The zero-order valence-corrected chi connectivity index (χ0v) is 12.8. The zero-order chi connectivity index (χ0) is 17.2. The fourth-order valence-corrected chi connectivity index (χ4v) is 3.26. The number of carbonyl (C=O) groups is 1. The number of rotatable bonds is 3. The van der Waals surface area contributed by atoms with Gasteiger partial charge >= 0.3 is 5.97 Å². The second-order valence-corrected chi connectivity index (χ2v) is 6.43. The van der Waals surface area contributed by atoms with E-state index in [0.29, 0.717) is 12.4 Å². The molecule has 1 aromatic rings. The Kier molecular flexibility index (Phi) is 4.55. The van der Waals surface area contributed by atoms with Crippen LogP contribution in [0.4, 0.5) is 4.39 Å². The maximum Gasteiger partial charge on any atom is 0.339 e. The first-order valence-electron chi connectivity index (χ1n) is 6.51. The van der Waals surface area contributed by atoms with Crippen LogP contribution in [-0.2, 0) is 9.84 Å². The minimum atomic E-state index is -3.39. The summed E-state index contributed by atoms with van der Waals surface area (Å²) in [4.78, 5) is 10.4. The van der Waals surface area contributed by atoms with E-state index >= 15 is 0 Å². The number of hydrogen-bond donors (Lipinski definition) is 2. The van der Waals surface area contributed by atoms with E-state index in [1.165, 1.54) is 30.4 Å². The van der Waals surface area contributed by atoms with E-state index in [2.05, 4.69) is 0 Å². The maximum absolute atomic E-state index is 12.5. The lowest BCUT2D eigenvalue weighted by Crippen LogP contribution is -1.97. The van der Waals surface area contributed by atoms with Crippen LogP contribution in [0.15, 0.2) is 52.1 Å². The van der Waals surface area contributed by atoms with Gasteiger partial charge in [-0.15, -0.1) is 0 Å². The molecule has 2 bridgehead atoms. The second kappa shape index (κ2) is 6.25. The van der Waals surface area contributed by atoms with Gasteiger partial charge in [-0.1, -0.05) is 0 Å². The van der Waals surface area contributed by atoms with Crippen LogP contribution in [0.3, 0.4) is 0 Å². The average Bonchev–Trinajstić information content (AvgIpc) is 2.86. The van der Waals surface area contributed by atoms with E-state index in [-0.39, 0.29) is 21.1 Å². The summed E-state index contributed by atoms with van der Waals surface area (Å²) in [5.41, 5.74) is -0.122. The number of sulfone groups is 1. The molecule has 0 amide bonds. The minimum Gasteiger partial charge on any atom is -0.507 e. The molecule has 0 radical (unpaired) electrons. The number of aromatic hydroxyl groups is 1. The molecule has 0 fully saturated rings. The van der Waals surface area contributed by atoms with Gasteiger partial charge in [0.05, 0.1) is 11.5 Å². The molecule has 2 aliphatic heterocycles. The van der Waals surface area contributed by atoms with Crippen LogP contribution in [0, 0.1) is 0 Å². The number of allylic oxidation sites excluding steroid dienone is 4. The highest BCUT2D eigenvalue weighted by atomic mass is 32.2. The van der Waals surface area contributed by atoms with Crippen LogP contribution in [0.25, 0.3) is 0 Å². The molecule has 0 aromatic heterocycles. The average molecular weight is 340 g/mol. The molecule has 0 spiro atoms. The van der Waals surface area contributed by atoms with Gasteiger partial charge in [-0.2, -0.15) is 0 Å². The Bertz CT molecular complexity index is 849. The lowest BCUT2D eigenvalue weighted by Gasteiger charge is -2.04. The van der Waals surface area contributed by atoms with Gasteiger partial charge in [0.25, 0.3) is 0 Å². The van der Waals surface area contributed by atoms with E-state index in [9.17, 15) is 22.7 Å². The molecule has 2 N–H and O–H groups in total. The standard InChI is InChI=1S/C9H10O4.C6H3FO2S/c1-2-13-6-3-4-7(9(11)12)8(10)5-6;7-5-3-4-1-2-6(5)10(4,8)9/h3-5,10H,2H2,1H3,(H,11,12);1-3H. The van der Waals surface area contributed by atoms with Crippen LogP contribution in [0.1, 0.15) is 17.3 Å². The molecule has 0 saturated carbocycles. The van der Waals surface area contributed by atoms with E-state index in [1.807, 2.05) is 6.92 Å². The Morgan fingerprint density at radius 3 is 2.35 bits per heavy atom. The molecule has 23 heavy (non-hydrogen) atoms. The van der Waals surface area contributed by atoms with Gasteiger partial charge in [-0.3, -0.25) is 0 Å². The number of ether oxygens (including phenoxy) is 1. The summed E-state index contributed by atoms with van der Waals surface area (Å²) in [6.45, 7) is 2.29. The summed E-state index contributed by atoms with van der Waals surface area (Å²) in [6.07, 6.45) is 3.71. The molecule has 0 atom stereocenters. The largest absolute Gasteiger partial charge is 0.507 e. The molecule has 1 aromatic carbocycles. The molecule has 6 nitrogen and oxygen atoms in total. The highest BCUT2D eigenvalue weighted by molar-refractivity contribution is 8.00. The third kappa shape index (κ3) is 3.26. The van der Waals surface area contributed by atoms with Gasteiger partial charge in [0.15, 0.2) is 0 Å². The number of halogens is 1. The first kappa shape index (κ1) is 16.8. The first-order valence-corrected chi connectivity index (χ1v) is 7.99. The fourth-order valence-electron chi connectivity index (χ4n) is 1.94. The summed E-state index contributed by atoms with van der Waals surface area (Å²) in [5, 5.41) is 17.8. The van der Waals surface area contributed by atoms with Gasteiger partial charge in [0.2, 0.25) is 9.84 Å². The van der Waals surface area contributed by atoms with Crippen LogP contribution in [0.2, 0.25) is 0 Å². The van der Waals surface area contributed by atoms with Crippen LogP contribution < -0.4 is 4.74 Å². The normalized spacial score (nSPS) is 16.7. The highest BCUT2D eigenvalue weighted by Gasteiger charge is 2.34. The number of carboxylic acids is 1. The van der Waals surface area contributed by atoms with E-state index in [0.717, 1.165) is 6.08 Å². The van der Waals surface area contributed by atoms with Crippen molar-refractivity contribution in [3.8, 4) is 11.5 Å². The van der Waals surface area contributed by atoms with Crippen LogP contribution >= 0.6 is 0 Å². The summed E-state index contributed by atoms with van der Waals surface area (Å²) in [6, 6.07) is 4.10. The second-order valence-electron chi connectivity index (χ2n) is 4.51. The molecule has 122 valence electrons. The molecular weight excluding hydrogens is 327 g/mol. The predicted octanol–water partition coefficient (Wildman–Crippen LogP) is 2.54. The Morgan fingerprint density at radius 1 is 1.30 bits per heavy atom. The fraction of sp³-hybridized carbons (Fsp3) is 0.133. The Hall–Kier alpha value is -2.61. The van der Waals surface area contributed by atoms with Crippen molar-refractivity contribution >= 4 is 15.8 Å². The van der Waals surface area contributed by atoms with Crippen molar-refractivity contribution in [2.24, 2.45) is 0 Å². The van der Waals surface area contributed by atoms with E-state index < -0.39 is 21.6 Å². The summed E-state index contributed by atoms with van der Waals surface area (Å²) in [7, 11) is -3.39. The zero-order valence-electron chi connectivity index (χ0n) is 12.0. The molecule has 8 heteroatoms. The van der Waals surface area contributed by atoms with Gasteiger partial charge in [0.1, 0.15) is 27.8 Å². The van der Waals surface area contributed by atoms with Crippen molar-refractivity contribution in [3.05, 3.63) is 57.6 Å². The topological polar surface area (TPSA) is 101 Å². The lowest BCUT2D eigenvalue weighted by atomic mass is 10.2. The van der Waals surface area contributed by atoms with Crippen LogP contribution in [-0.4, -0.2) is 31.2 Å². The number of phenols is 1.